The van der Waals surface area contributed by atoms with Gasteiger partial charge in [-0.2, -0.15) is 0 Å². The van der Waals surface area contributed by atoms with E-state index in [4.69, 9.17) is 39.8 Å². The lowest BCUT2D eigenvalue weighted by atomic mass is 10.1. The molecular weight excluding hydrogens is 450 g/mol. The normalized spacial score (nSPS) is 15.6. The zero-order chi connectivity index (χ0) is 21.4. The second-order valence-corrected chi connectivity index (χ2v) is 7.41. The lowest BCUT2D eigenvalue weighted by Crippen LogP contribution is -2.54. The number of amides is 2. The summed E-state index contributed by atoms with van der Waals surface area (Å²) >= 11 is 17.4. The molecule has 0 atom stereocenters. The number of anilines is 1. The molecule has 2 aromatic carbocycles. The molecule has 0 bridgehead atoms. The van der Waals surface area contributed by atoms with Crippen molar-refractivity contribution >= 4 is 64.1 Å². The van der Waals surface area contributed by atoms with Crippen LogP contribution in [0.3, 0.4) is 0 Å². The largest absolute Gasteiger partial charge is 0.457 e. The Labute approximate surface area is 185 Å². The summed E-state index contributed by atoms with van der Waals surface area (Å²) in [6.07, 6.45) is 1.30. The first-order chi connectivity index (χ1) is 14.3. The molecule has 3 aromatic rings. The zero-order valence-electron chi connectivity index (χ0n) is 15.0. The summed E-state index contributed by atoms with van der Waals surface area (Å²) in [4.78, 5) is 26.4. The van der Waals surface area contributed by atoms with Crippen LogP contribution >= 0.6 is 35.4 Å². The average Bonchev–Trinajstić information content (AvgIpc) is 3.17. The Balaban J connectivity index is 1.69. The minimum absolute atomic E-state index is 0.0976. The molecule has 1 saturated heterocycles. The van der Waals surface area contributed by atoms with E-state index in [1.54, 1.807) is 30.3 Å². The van der Waals surface area contributed by atoms with Crippen LogP contribution in [-0.4, -0.2) is 16.9 Å². The number of nitrogens with zero attached hydrogens (tertiary/aromatic N) is 1. The van der Waals surface area contributed by atoms with Crippen LogP contribution in [0, 0.1) is 5.82 Å². The summed E-state index contributed by atoms with van der Waals surface area (Å²) in [7, 11) is 0. The lowest BCUT2D eigenvalue weighted by Gasteiger charge is -2.28. The van der Waals surface area contributed by atoms with Gasteiger partial charge in [0, 0.05) is 5.56 Å². The maximum absolute atomic E-state index is 13.2. The Bertz CT molecular complexity index is 1220. The Kier molecular flexibility index (Phi) is 5.42. The number of carbonyl (C=O) groups excluding carboxylic acids is 2. The second-order valence-electron chi connectivity index (χ2n) is 6.24. The van der Waals surface area contributed by atoms with Gasteiger partial charge in [-0.3, -0.25) is 19.8 Å². The van der Waals surface area contributed by atoms with Gasteiger partial charge in [-0.15, -0.1) is 0 Å². The van der Waals surface area contributed by atoms with Crippen molar-refractivity contribution in [1.82, 2.24) is 5.32 Å². The summed E-state index contributed by atoms with van der Waals surface area (Å²) in [5, 5.41) is 3.05. The quantitative estimate of drug-likeness (QED) is 0.330. The highest BCUT2D eigenvalue weighted by molar-refractivity contribution is 7.80. The van der Waals surface area contributed by atoms with Crippen molar-refractivity contribution in [3.8, 4) is 11.3 Å². The molecule has 1 fully saturated rings. The van der Waals surface area contributed by atoms with Gasteiger partial charge in [0.25, 0.3) is 11.8 Å². The predicted octanol–water partition coefficient (Wildman–Crippen LogP) is 5.22. The molecule has 0 spiro atoms. The van der Waals surface area contributed by atoms with Gasteiger partial charge in [0.1, 0.15) is 22.9 Å². The molecular formula is C21H11Cl2FN2O3S. The number of hydrogen-bond donors (Lipinski definition) is 1. The van der Waals surface area contributed by atoms with E-state index in [1.165, 1.54) is 30.3 Å². The van der Waals surface area contributed by atoms with Gasteiger partial charge < -0.3 is 4.42 Å². The van der Waals surface area contributed by atoms with Crippen LogP contribution in [0.2, 0.25) is 10.0 Å². The Morgan fingerprint density at radius 2 is 1.77 bits per heavy atom. The second kappa shape index (κ2) is 8.02. The Morgan fingerprint density at radius 3 is 2.50 bits per heavy atom. The van der Waals surface area contributed by atoms with E-state index in [9.17, 15) is 14.0 Å². The molecule has 1 aromatic heterocycles. The first-order valence-corrected chi connectivity index (χ1v) is 9.73. The minimum Gasteiger partial charge on any atom is -0.457 e. The SMILES string of the molecule is O=C1NC(=S)N(c2ccc(F)cc2)C(=O)/C1=C\c1ccc(-c2cccc(Cl)c2Cl)o1. The third kappa shape index (κ3) is 3.75. The molecule has 1 aliphatic rings. The van der Waals surface area contributed by atoms with Crippen LogP contribution < -0.4 is 10.2 Å². The fourth-order valence-electron chi connectivity index (χ4n) is 2.89. The maximum atomic E-state index is 13.2. The van der Waals surface area contributed by atoms with Crippen LogP contribution in [0.5, 0.6) is 0 Å². The van der Waals surface area contributed by atoms with Gasteiger partial charge in [-0.25, -0.2) is 4.39 Å². The number of thiocarbonyl (C=S) groups is 1. The van der Waals surface area contributed by atoms with Gasteiger partial charge in [0.2, 0.25) is 0 Å². The highest BCUT2D eigenvalue weighted by Crippen LogP contribution is 2.34. The highest BCUT2D eigenvalue weighted by atomic mass is 35.5. The number of nitrogens with one attached hydrogen (secondary N) is 1. The smallest absolute Gasteiger partial charge is 0.270 e. The molecule has 150 valence electrons. The van der Waals surface area contributed by atoms with Gasteiger partial charge in [-0.05, 0) is 66.8 Å². The van der Waals surface area contributed by atoms with Crippen molar-refractivity contribution in [2.24, 2.45) is 0 Å². The maximum Gasteiger partial charge on any atom is 0.270 e. The molecule has 0 radical (unpaired) electrons. The van der Waals surface area contributed by atoms with E-state index >= 15 is 0 Å². The molecule has 9 heteroatoms. The third-order valence-corrected chi connectivity index (χ3v) is 5.42. The first kappa shape index (κ1) is 20.3. The summed E-state index contributed by atoms with van der Waals surface area (Å²) in [5.74, 6) is -1.11. The number of rotatable bonds is 3. The Hall–Kier alpha value is -3.00. The van der Waals surface area contributed by atoms with Crippen molar-refractivity contribution in [3.05, 3.63) is 81.8 Å². The van der Waals surface area contributed by atoms with Crippen LogP contribution in [0.25, 0.3) is 17.4 Å². The van der Waals surface area contributed by atoms with Crippen molar-refractivity contribution in [2.75, 3.05) is 4.90 Å². The standard InChI is InChI=1S/C21H11Cl2FN2O3S/c22-16-3-1-2-14(18(16)23)17-9-8-13(29-17)10-15-19(27)25-21(30)26(20(15)28)12-6-4-11(24)5-7-12/h1-10H,(H,25,27,30)/b15-10-. The number of benzene rings is 2. The molecule has 1 N–H and O–H groups in total. The van der Waals surface area contributed by atoms with Crippen molar-refractivity contribution in [3.63, 3.8) is 0 Å². The fourth-order valence-corrected chi connectivity index (χ4v) is 3.57. The lowest BCUT2D eigenvalue weighted by molar-refractivity contribution is -0.122. The molecule has 1 aliphatic heterocycles. The average molecular weight is 461 g/mol. The van der Waals surface area contributed by atoms with Crippen LogP contribution in [0.4, 0.5) is 10.1 Å². The molecule has 0 unspecified atom stereocenters. The van der Waals surface area contributed by atoms with E-state index in [-0.39, 0.29) is 16.4 Å². The van der Waals surface area contributed by atoms with Gasteiger partial charge in [0.15, 0.2) is 5.11 Å². The summed E-state index contributed by atoms with van der Waals surface area (Å²) in [6.45, 7) is 0. The van der Waals surface area contributed by atoms with Gasteiger partial charge >= 0.3 is 0 Å². The number of halogens is 3. The fraction of sp³-hybridized carbons (Fsp3) is 0. The van der Waals surface area contributed by atoms with E-state index < -0.39 is 17.6 Å². The highest BCUT2D eigenvalue weighted by Gasteiger charge is 2.34. The van der Waals surface area contributed by atoms with Gasteiger partial charge in [-0.1, -0.05) is 29.3 Å². The van der Waals surface area contributed by atoms with Crippen LogP contribution in [0.1, 0.15) is 5.76 Å². The molecule has 0 aliphatic carbocycles. The molecule has 4 rings (SSSR count). The van der Waals surface area contributed by atoms with E-state index in [0.717, 1.165) is 4.90 Å². The summed E-state index contributed by atoms with van der Waals surface area (Å²) in [6, 6.07) is 13.5. The molecule has 5 nitrogen and oxygen atoms in total. The van der Waals surface area contributed by atoms with Crippen molar-refractivity contribution in [2.45, 2.75) is 0 Å². The topological polar surface area (TPSA) is 62.6 Å². The molecule has 30 heavy (non-hydrogen) atoms. The molecule has 2 heterocycles. The van der Waals surface area contributed by atoms with Crippen LogP contribution in [-0.2, 0) is 9.59 Å². The first-order valence-electron chi connectivity index (χ1n) is 8.56. The van der Waals surface area contributed by atoms with Crippen molar-refractivity contribution in [1.29, 1.82) is 0 Å². The van der Waals surface area contributed by atoms with E-state index in [2.05, 4.69) is 5.32 Å². The summed E-state index contributed by atoms with van der Waals surface area (Å²) in [5.41, 5.74) is 0.705. The third-order valence-electron chi connectivity index (χ3n) is 4.32. The number of carbonyl (C=O) groups is 2. The molecule has 2 amide bonds. The van der Waals surface area contributed by atoms with Crippen LogP contribution in [0.15, 0.2) is 64.6 Å². The Morgan fingerprint density at radius 1 is 1.03 bits per heavy atom. The minimum atomic E-state index is -0.665. The summed E-state index contributed by atoms with van der Waals surface area (Å²) < 4.78 is 19.0. The monoisotopic (exact) mass is 460 g/mol. The molecule has 0 saturated carbocycles. The predicted molar refractivity (Wildman–Crippen MR) is 117 cm³/mol. The number of hydrogen-bond acceptors (Lipinski definition) is 4. The van der Waals surface area contributed by atoms with E-state index in [0.29, 0.717) is 27.1 Å². The zero-order valence-corrected chi connectivity index (χ0v) is 17.3. The van der Waals surface area contributed by atoms with Crippen molar-refractivity contribution < 1.29 is 18.4 Å². The number of furan rings is 1. The van der Waals surface area contributed by atoms with E-state index in [1.807, 2.05) is 0 Å². The van der Waals surface area contributed by atoms with Gasteiger partial charge in [0.05, 0.1) is 15.7 Å².